The predicted molar refractivity (Wildman–Crippen MR) is 52.1 cm³/mol. The number of pyridine rings is 1. The van der Waals surface area contributed by atoms with Gasteiger partial charge in [0.05, 0.1) is 0 Å². The summed E-state index contributed by atoms with van der Waals surface area (Å²) in [5.41, 5.74) is 1.42. The van der Waals surface area contributed by atoms with Crippen LogP contribution in [-0.2, 0) is 6.42 Å². The summed E-state index contributed by atoms with van der Waals surface area (Å²) in [4.78, 5) is 3.99. The van der Waals surface area contributed by atoms with E-state index in [1.165, 1.54) is 37.7 Å². The summed E-state index contributed by atoms with van der Waals surface area (Å²) in [6, 6.07) is 4.21. The Labute approximate surface area is 74.8 Å². The summed E-state index contributed by atoms with van der Waals surface area (Å²) in [5, 5.41) is 0. The smallest absolute Gasteiger partial charge is 0.0270 e. The standard InChI is InChI=1S/C11H17N/c1-2-3-4-5-6-11-7-9-12-10-8-11/h7-10H,2-6H2,1H3. The zero-order valence-electron chi connectivity index (χ0n) is 7.79. The van der Waals surface area contributed by atoms with Crippen LogP contribution in [0.2, 0.25) is 0 Å². The van der Waals surface area contributed by atoms with Gasteiger partial charge in [0.1, 0.15) is 0 Å². The average Bonchev–Trinajstić information content (AvgIpc) is 2.14. The molecule has 0 aliphatic heterocycles. The molecule has 0 bridgehead atoms. The molecule has 1 heterocycles. The monoisotopic (exact) mass is 163 g/mol. The maximum Gasteiger partial charge on any atom is 0.0270 e. The van der Waals surface area contributed by atoms with Crippen LogP contribution in [0.4, 0.5) is 0 Å². The Bertz CT molecular complexity index is 193. The molecule has 0 spiro atoms. The van der Waals surface area contributed by atoms with E-state index in [1.54, 1.807) is 0 Å². The van der Waals surface area contributed by atoms with E-state index in [0.717, 1.165) is 0 Å². The summed E-state index contributed by atoms with van der Waals surface area (Å²) in [6.45, 7) is 2.24. The summed E-state index contributed by atoms with van der Waals surface area (Å²) in [7, 11) is 0. The molecule has 0 aromatic carbocycles. The topological polar surface area (TPSA) is 12.9 Å². The normalized spacial score (nSPS) is 10.1. The van der Waals surface area contributed by atoms with Crippen molar-refractivity contribution in [1.29, 1.82) is 0 Å². The minimum absolute atomic E-state index is 1.21. The Morgan fingerprint density at radius 3 is 2.50 bits per heavy atom. The minimum Gasteiger partial charge on any atom is -0.265 e. The molecule has 1 aromatic heterocycles. The third-order valence-corrected chi connectivity index (χ3v) is 2.07. The molecule has 0 amide bonds. The molecule has 0 atom stereocenters. The van der Waals surface area contributed by atoms with Crippen LogP contribution in [0.1, 0.15) is 38.2 Å². The zero-order valence-corrected chi connectivity index (χ0v) is 7.79. The van der Waals surface area contributed by atoms with Gasteiger partial charge in [0.2, 0.25) is 0 Å². The van der Waals surface area contributed by atoms with Gasteiger partial charge in [0.15, 0.2) is 0 Å². The van der Waals surface area contributed by atoms with E-state index in [1.807, 2.05) is 12.4 Å². The molecule has 1 aromatic rings. The van der Waals surface area contributed by atoms with E-state index in [2.05, 4.69) is 24.0 Å². The SMILES string of the molecule is CCCCCCc1ccncc1. The van der Waals surface area contributed by atoms with Gasteiger partial charge >= 0.3 is 0 Å². The number of aromatic nitrogens is 1. The largest absolute Gasteiger partial charge is 0.265 e. The fourth-order valence-electron chi connectivity index (χ4n) is 1.31. The van der Waals surface area contributed by atoms with E-state index in [0.29, 0.717) is 0 Å². The molecule has 0 aliphatic carbocycles. The number of hydrogen-bond donors (Lipinski definition) is 0. The quantitative estimate of drug-likeness (QED) is 0.607. The number of hydrogen-bond acceptors (Lipinski definition) is 1. The van der Waals surface area contributed by atoms with Gasteiger partial charge in [-0.1, -0.05) is 26.2 Å². The fourth-order valence-corrected chi connectivity index (χ4v) is 1.31. The first-order valence-electron chi connectivity index (χ1n) is 4.82. The second kappa shape index (κ2) is 5.76. The molecule has 0 saturated carbocycles. The second-order valence-electron chi connectivity index (χ2n) is 3.17. The van der Waals surface area contributed by atoms with Crippen LogP contribution in [0.3, 0.4) is 0 Å². The number of rotatable bonds is 5. The average molecular weight is 163 g/mol. The summed E-state index contributed by atoms with van der Waals surface area (Å²) in [5.74, 6) is 0. The van der Waals surface area contributed by atoms with Gasteiger partial charge in [-0.3, -0.25) is 4.98 Å². The minimum atomic E-state index is 1.21. The van der Waals surface area contributed by atoms with Gasteiger partial charge < -0.3 is 0 Å². The van der Waals surface area contributed by atoms with E-state index in [4.69, 9.17) is 0 Å². The lowest BCUT2D eigenvalue weighted by atomic mass is 10.1. The highest BCUT2D eigenvalue weighted by molar-refractivity contribution is 5.09. The molecule has 0 fully saturated rings. The maximum absolute atomic E-state index is 3.99. The third-order valence-electron chi connectivity index (χ3n) is 2.07. The Balaban J connectivity index is 2.16. The number of aryl methyl sites for hydroxylation is 1. The molecule has 0 unspecified atom stereocenters. The van der Waals surface area contributed by atoms with Gasteiger partial charge in [0, 0.05) is 12.4 Å². The molecule has 0 N–H and O–H groups in total. The van der Waals surface area contributed by atoms with E-state index < -0.39 is 0 Å². The van der Waals surface area contributed by atoms with Gasteiger partial charge in [-0.05, 0) is 30.5 Å². The van der Waals surface area contributed by atoms with Gasteiger partial charge in [-0.2, -0.15) is 0 Å². The van der Waals surface area contributed by atoms with Crippen molar-refractivity contribution in [2.45, 2.75) is 39.0 Å². The Morgan fingerprint density at radius 2 is 1.83 bits per heavy atom. The molecule has 1 rings (SSSR count). The van der Waals surface area contributed by atoms with Crippen LogP contribution < -0.4 is 0 Å². The lowest BCUT2D eigenvalue weighted by Crippen LogP contribution is -1.85. The van der Waals surface area contributed by atoms with Crippen molar-refractivity contribution in [3.05, 3.63) is 30.1 Å². The van der Waals surface area contributed by atoms with Crippen LogP contribution in [0.25, 0.3) is 0 Å². The number of unbranched alkanes of at least 4 members (excludes halogenated alkanes) is 3. The Morgan fingerprint density at radius 1 is 1.08 bits per heavy atom. The van der Waals surface area contributed by atoms with Crippen LogP contribution in [0.5, 0.6) is 0 Å². The van der Waals surface area contributed by atoms with Gasteiger partial charge in [-0.25, -0.2) is 0 Å². The molecular weight excluding hydrogens is 146 g/mol. The highest BCUT2D eigenvalue weighted by Gasteiger charge is 1.91. The van der Waals surface area contributed by atoms with Crippen LogP contribution in [-0.4, -0.2) is 4.98 Å². The van der Waals surface area contributed by atoms with Crippen LogP contribution in [0, 0.1) is 0 Å². The molecule has 1 nitrogen and oxygen atoms in total. The first kappa shape index (κ1) is 9.24. The maximum atomic E-state index is 3.99. The summed E-state index contributed by atoms with van der Waals surface area (Å²) < 4.78 is 0. The van der Waals surface area contributed by atoms with Crippen molar-refractivity contribution in [2.24, 2.45) is 0 Å². The molecular formula is C11H17N. The van der Waals surface area contributed by atoms with E-state index >= 15 is 0 Å². The van der Waals surface area contributed by atoms with Crippen molar-refractivity contribution < 1.29 is 0 Å². The van der Waals surface area contributed by atoms with Crippen molar-refractivity contribution >= 4 is 0 Å². The zero-order chi connectivity index (χ0) is 8.65. The Kier molecular flexibility index (Phi) is 4.43. The lowest BCUT2D eigenvalue weighted by Gasteiger charge is -1.99. The number of nitrogens with zero attached hydrogens (tertiary/aromatic N) is 1. The predicted octanol–water partition coefficient (Wildman–Crippen LogP) is 3.20. The fraction of sp³-hybridized carbons (Fsp3) is 0.545. The van der Waals surface area contributed by atoms with Crippen molar-refractivity contribution in [3.8, 4) is 0 Å². The molecule has 0 saturated heterocycles. The van der Waals surface area contributed by atoms with Gasteiger partial charge in [0.25, 0.3) is 0 Å². The van der Waals surface area contributed by atoms with Crippen molar-refractivity contribution in [3.63, 3.8) is 0 Å². The summed E-state index contributed by atoms with van der Waals surface area (Å²) >= 11 is 0. The first-order valence-corrected chi connectivity index (χ1v) is 4.82. The molecule has 1 heteroatoms. The van der Waals surface area contributed by atoms with E-state index in [9.17, 15) is 0 Å². The molecule has 12 heavy (non-hydrogen) atoms. The van der Waals surface area contributed by atoms with Crippen molar-refractivity contribution in [2.75, 3.05) is 0 Å². The lowest BCUT2D eigenvalue weighted by molar-refractivity contribution is 0.666. The van der Waals surface area contributed by atoms with Crippen LogP contribution >= 0.6 is 0 Å². The van der Waals surface area contributed by atoms with Gasteiger partial charge in [-0.15, -0.1) is 0 Å². The van der Waals surface area contributed by atoms with E-state index in [-0.39, 0.29) is 0 Å². The van der Waals surface area contributed by atoms with Crippen molar-refractivity contribution in [1.82, 2.24) is 4.98 Å². The second-order valence-corrected chi connectivity index (χ2v) is 3.17. The highest BCUT2D eigenvalue weighted by atomic mass is 14.6. The third kappa shape index (κ3) is 3.51. The highest BCUT2D eigenvalue weighted by Crippen LogP contribution is 2.05. The molecule has 0 aliphatic rings. The summed E-state index contributed by atoms with van der Waals surface area (Å²) in [6.07, 6.45) is 10.3. The molecule has 66 valence electrons. The molecule has 0 radical (unpaired) electrons. The first-order chi connectivity index (χ1) is 5.93. The Hall–Kier alpha value is -0.850. The van der Waals surface area contributed by atoms with Crippen LogP contribution in [0.15, 0.2) is 24.5 Å².